The molecule has 2 rings (SSSR count). The molecule has 2 heterocycles. The summed E-state index contributed by atoms with van der Waals surface area (Å²) in [6, 6.07) is 0. The molecule has 6 nitrogen and oxygen atoms in total. The van der Waals surface area contributed by atoms with E-state index in [9.17, 15) is 9.59 Å². The van der Waals surface area contributed by atoms with Gasteiger partial charge in [-0.1, -0.05) is 78.1 Å². The van der Waals surface area contributed by atoms with Crippen LogP contribution in [0.2, 0.25) is 0 Å². The van der Waals surface area contributed by atoms with E-state index in [1.54, 1.807) is 0 Å². The van der Waals surface area contributed by atoms with Gasteiger partial charge in [-0.15, -0.1) is 0 Å². The van der Waals surface area contributed by atoms with E-state index >= 15 is 0 Å². The molecule has 2 amide bonds. The summed E-state index contributed by atoms with van der Waals surface area (Å²) in [5.74, 6) is 0.623. The van der Waals surface area contributed by atoms with Crippen LogP contribution in [-0.4, -0.2) is 90.5 Å². The predicted octanol–water partition coefficient (Wildman–Crippen LogP) is 6.53. The highest BCUT2D eigenvalue weighted by Crippen LogP contribution is 2.35. The maximum Gasteiger partial charge on any atom is 0.222 e. The molecule has 39 heavy (non-hydrogen) atoms. The van der Waals surface area contributed by atoms with Crippen LogP contribution in [-0.2, 0) is 9.59 Å². The number of likely N-dealkylation sites (tertiary alicyclic amines) is 2. The van der Waals surface area contributed by atoms with E-state index in [4.69, 9.17) is 0 Å². The maximum atomic E-state index is 12.9. The van der Waals surface area contributed by atoms with Gasteiger partial charge in [-0.05, 0) is 46.1 Å². The number of nitrogens with zero attached hydrogens (tertiary/aromatic N) is 3. The Kier molecular flexibility index (Phi) is 16.7. The topological polar surface area (TPSA) is 52.7 Å². The fourth-order valence-corrected chi connectivity index (χ4v) is 7.40. The second-order valence-corrected chi connectivity index (χ2v) is 12.6. The zero-order valence-electron chi connectivity index (χ0n) is 26.5. The number of amides is 2. The summed E-state index contributed by atoms with van der Waals surface area (Å²) in [5, 5.41) is 3.59. The Hall–Kier alpha value is -1.14. The van der Waals surface area contributed by atoms with Crippen molar-refractivity contribution in [2.45, 2.75) is 142 Å². The molecule has 0 aliphatic carbocycles. The molecule has 2 saturated heterocycles. The first-order valence-electron chi connectivity index (χ1n) is 17.1. The number of hydrogen-bond donors (Lipinski definition) is 1. The smallest absolute Gasteiger partial charge is 0.222 e. The molecule has 2 fully saturated rings. The Labute approximate surface area is 242 Å². The highest BCUT2D eigenvalue weighted by molar-refractivity contribution is 5.79. The van der Waals surface area contributed by atoms with Gasteiger partial charge in [-0.2, -0.15) is 0 Å². The molecule has 0 aromatic carbocycles. The van der Waals surface area contributed by atoms with Gasteiger partial charge in [0, 0.05) is 38.9 Å². The summed E-state index contributed by atoms with van der Waals surface area (Å²) < 4.78 is 1.02. The molecule has 2 aliphatic heterocycles. The summed E-state index contributed by atoms with van der Waals surface area (Å²) in [4.78, 5) is 30.1. The number of likely N-dealkylation sites (N-methyl/N-ethyl adjacent to an activating group) is 1. The number of rotatable bonds is 24. The molecular formula is C33H65N4O2+. The van der Waals surface area contributed by atoms with Crippen molar-refractivity contribution in [2.75, 3.05) is 58.9 Å². The van der Waals surface area contributed by atoms with Gasteiger partial charge >= 0.3 is 0 Å². The van der Waals surface area contributed by atoms with Crippen LogP contribution in [0.5, 0.6) is 0 Å². The van der Waals surface area contributed by atoms with Crippen molar-refractivity contribution in [3.05, 3.63) is 0 Å². The fraction of sp³-hybridized carbons (Fsp3) is 0.939. The van der Waals surface area contributed by atoms with Gasteiger partial charge in [0.2, 0.25) is 11.8 Å². The third-order valence-corrected chi connectivity index (χ3v) is 9.99. The molecular weight excluding hydrogens is 484 g/mol. The highest BCUT2D eigenvalue weighted by atomic mass is 16.2. The van der Waals surface area contributed by atoms with E-state index in [2.05, 4.69) is 42.8 Å². The molecule has 228 valence electrons. The zero-order valence-corrected chi connectivity index (χ0v) is 26.5. The first kappa shape index (κ1) is 34.1. The van der Waals surface area contributed by atoms with Crippen LogP contribution in [0.25, 0.3) is 0 Å². The number of quaternary nitrogens is 1. The lowest BCUT2D eigenvalue weighted by Gasteiger charge is -2.55. The summed E-state index contributed by atoms with van der Waals surface area (Å²) in [6.07, 6.45) is 20.7. The largest absolute Gasteiger partial charge is 0.336 e. The first-order chi connectivity index (χ1) is 19.0. The molecule has 0 aromatic rings. The molecule has 2 aliphatic rings. The second kappa shape index (κ2) is 19.1. The Bertz CT molecular complexity index is 651. The predicted molar refractivity (Wildman–Crippen MR) is 165 cm³/mol. The minimum absolute atomic E-state index is 0.122. The third-order valence-electron chi connectivity index (χ3n) is 9.99. The molecule has 0 spiro atoms. The van der Waals surface area contributed by atoms with E-state index < -0.39 is 0 Å². The minimum atomic E-state index is -0.122. The van der Waals surface area contributed by atoms with E-state index in [0.717, 1.165) is 82.6 Å². The maximum absolute atomic E-state index is 12.9. The van der Waals surface area contributed by atoms with Gasteiger partial charge in [0.1, 0.15) is 5.54 Å². The van der Waals surface area contributed by atoms with Gasteiger partial charge in [0.15, 0.2) is 0 Å². The van der Waals surface area contributed by atoms with Crippen LogP contribution in [0.15, 0.2) is 0 Å². The van der Waals surface area contributed by atoms with E-state index in [1.165, 1.54) is 77.0 Å². The van der Waals surface area contributed by atoms with Gasteiger partial charge in [-0.25, -0.2) is 0 Å². The minimum Gasteiger partial charge on any atom is -0.336 e. The second-order valence-electron chi connectivity index (χ2n) is 12.6. The average molecular weight is 550 g/mol. The molecule has 0 saturated carbocycles. The first-order valence-corrected chi connectivity index (χ1v) is 17.1. The van der Waals surface area contributed by atoms with Crippen molar-refractivity contribution < 1.29 is 14.1 Å². The summed E-state index contributed by atoms with van der Waals surface area (Å²) in [7, 11) is 0. The molecule has 0 radical (unpaired) electrons. The van der Waals surface area contributed by atoms with Crippen LogP contribution in [0.1, 0.15) is 137 Å². The average Bonchev–Trinajstić information content (AvgIpc) is 3.54. The molecule has 0 unspecified atom stereocenters. The Morgan fingerprint density at radius 1 is 0.692 bits per heavy atom. The number of unbranched alkanes of at least 4 members (excludes halogenated alkanes) is 11. The zero-order chi connectivity index (χ0) is 28.4. The lowest BCUT2D eigenvalue weighted by Crippen LogP contribution is -2.72. The number of hydrogen-bond acceptors (Lipinski definition) is 3. The lowest BCUT2D eigenvalue weighted by molar-refractivity contribution is -0.973. The highest BCUT2D eigenvalue weighted by Gasteiger charge is 2.52. The van der Waals surface area contributed by atoms with Crippen molar-refractivity contribution in [3.63, 3.8) is 0 Å². The number of carbonyl (C=O) groups excluding carboxylic acids is 2. The standard InChI is InChI=1S/C33H65N4O2/c1-5-9-10-11-12-13-14-15-16-17-18-19-28-37(7-3,8-4)33(24-25-34-6-2,29-35-26-20-22-31(35)38)30-36-27-21-23-32(36)39/h34H,5-30H2,1-4H3/q+1. The van der Waals surface area contributed by atoms with E-state index in [0.29, 0.717) is 24.7 Å². The van der Waals surface area contributed by atoms with Gasteiger partial charge in [-0.3, -0.25) is 9.59 Å². The van der Waals surface area contributed by atoms with Crippen LogP contribution in [0, 0.1) is 0 Å². The van der Waals surface area contributed by atoms with Gasteiger partial charge in [0.25, 0.3) is 0 Å². The Balaban J connectivity index is 2.04. The van der Waals surface area contributed by atoms with Crippen LogP contribution < -0.4 is 5.32 Å². The van der Waals surface area contributed by atoms with Crippen molar-refractivity contribution in [1.29, 1.82) is 0 Å². The lowest BCUT2D eigenvalue weighted by atomic mass is 9.86. The quantitative estimate of drug-likeness (QED) is 0.110. The molecule has 6 heteroatoms. The third kappa shape index (κ3) is 10.6. The Morgan fingerprint density at radius 2 is 1.15 bits per heavy atom. The summed E-state index contributed by atoms with van der Waals surface area (Å²) in [6.45, 7) is 17.7. The Morgan fingerprint density at radius 3 is 1.54 bits per heavy atom. The summed E-state index contributed by atoms with van der Waals surface area (Å²) in [5.41, 5.74) is -0.122. The molecule has 0 bridgehead atoms. The number of nitrogens with one attached hydrogen (secondary N) is 1. The SMILES string of the molecule is CCCCCCCCCCCCCC[N+](CC)(CC)C(CCNCC)(CN1CCCC1=O)CN1CCCC1=O. The number of carbonyl (C=O) groups is 2. The van der Waals surface area contributed by atoms with Crippen LogP contribution in [0.4, 0.5) is 0 Å². The van der Waals surface area contributed by atoms with Gasteiger partial charge in [0.05, 0.1) is 32.7 Å². The van der Waals surface area contributed by atoms with Crippen LogP contribution >= 0.6 is 0 Å². The van der Waals surface area contributed by atoms with Gasteiger partial charge < -0.3 is 19.6 Å². The molecule has 0 atom stereocenters. The fourth-order valence-electron chi connectivity index (χ4n) is 7.40. The normalized spacial score (nSPS) is 16.7. The monoisotopic (exact) mass is 550 g/mol. The van der Waals surface area contributed by atoms with E-state index in [-0.39, 0.29) is 5.54 Å². The van der Waals surface area contributed by atoms with Crippen molar-refractivity contribution >= 4 is 11.8 Å². The van der Waals surface area contributed by atoms with Crippen molar-refractivity contribution in [1.82, 2.24) is 15.1 Å². The van der Waals surface area contributed by atoms with Crippen molar-refractivity contribution in [2.24, 2.45) is 0 Å². The summed E-state index contributed by atoms with van der Waals surface area (Å²) >= 11 is 0. The van der Waals surface area contributed by atoms with Crippen molar-refractivity contribution in [3.8, 4) is 0 Å². The molecule has 0 aromatic heterocycles. The van der Waals surface area contributed by atoms with E-state index in [1.807, 2.05) is 0 Å². The van der Waals surface area contributed by atoms with Crippen LogP contribution in [0.3, 0.4) is 0 Å². The molecule has 1 N–H and O–H groups in total.